The van der Waals surface area contributed by atoms with Gasteiger partial charge in [-0.2, -0.15) is 0 Å². The molecule has 1 aliphatic heterocycles. The molecule has 0 amide bonds. The molecule has 3 nitrogen and oxygen atoms in total. The van der Waals surface area contributed by atoms with Gasteiger partial charge in [0.05, 0.1) is 5.92 Å². The molecule has 1 aliphatic rings. The summed E-state index contributed by atoms with van der Waals surface area (Å²) in [4.78, 5) is 14.2. The molecule has 0 saturated carbocycles. The molecule has 0 aliphatic carbocycles. The normalized spacial score (nSPS) is 34.2. The Morgan fingerprint density at radius 2 is 2.44 bits per heavy atom. The summed E-state index contributed by atoms with van der Waals surface area (Å²) in [6.07, 6.45) is 1.58. The zero-order chi connectivity index (χ0) is 6.85. The van der Waals surface area contributed by atoms with Crippen LogP contribution >= 0.6 is 0 Å². The molecule has 1 rings (SSSR count). The summed E-state index contributed by atoms with van der Waals surface area (Å²) in [5, 5.41) is 0. The van der Waals surface area contributed by atoms with Crippen molar-refractivity contribution in [3.05, 3.63) is 0 Å². The first kappa shape index (κ1) is 6.26. The summed E-state index contributed by atoms with van der Waals surface area (Å²) >= 11 is 0. The van der Waals surface area contributed by atoms with Crippen LogP contribution in [0.5, 0.6) is 0 Å². The number of cyclic esters (lactones) is 1. The molecule has 0 aromatic carbocycles. The van der Waals surface area contributed by atoms with E-state index in [1.807, 2.05) is 6.92 Å². The molecule has 0 radical (unpaired) electrons. The molecule has 50 valence electrons. The van der Waals surface area contributed by atoms with Crippen molar-refractivity contribution in [3.8, 4) is 0 Å². The minimum atomic E-state index is -0.125. The van der Waals surface area contributed by atoms with Gasteiger partial charge < -0.3 is 4.74 Å². The molecule has 1 unspecified atom stereocenters. The number of aliphatic imine (C=N–C) groups is 1. The van der Waals surface area contributed by atoms with E-state index in [2.05, 4.69) is 4.99 Å². The number of carbonyl (C=O) groups excluding carboxylic acids is 1. The van der Waals surface area contributed by atoms with Gasteiger partial charge in [-0.3, -0.25) is 9.79 Å². The highest BCUT2D eigenvalue weighted by molar-refractivity contribution is 5.86. The third-order valence-corrected chi connectivity index (χ3v) is 1.41. The lowest BCUT2D eigenvalue weighted by molar-refractivity contribution is -0.173. The van der Waals surface area contributed by atoms with Crippen LogP contribution in [0, 0.1) is 5.92 Å². The van der Waals surface area contributed by atoms with E-state index in [0.717, 1.165) is 0 Å². The molecule has 2 atom stereocenters. The molecule has 0 aromatic rings. The van der Waals surface area contributed by atoms with Gasteiger partial charge in [-0.1, -0.05) is 0 Å². The van der Waals surface area contributed by atoms with E-state index in [-0.39, 0.29) is 18.0 Å². The van der Waals surface area contributed by atoms with E-state index in [1.165, 1.54) is 0 Å². The molecular weight excluding hydrogens is 118 g/mol. The first-order chi connectivity index (χ1) is 4.25. The van der Waals surface area contributed by atoms with Crippen molar-refractivity contribution in [1.82, 2.24) is 0 Å². The fourth-order valence-corrected chi connectivity index (χ4v) is 0.712. The van der Waals surface area contributed by atoms with E-state index in [0.29, 0.717) is 0 Å². The first-order valence-electron chi connectivity index (χ1n) is 2.88. The molecule has 0 bridgehead atoms. The Bertz CT molecular complexity index is 153. The topological polar surface area (TPSA) is 38.7 Å². The molecule has 0 spiro atoms. The highest BCUT2D eigenvalue weighted by atomic mass is 16.6. The van der Waals surface area contributed by atoms with Gasteiger partial charge in [0.2, 0.25) is 0 Å². The monoisotopic (exact) mass is 127 g/mol. The van der Waals surface area contributed by atoms with Gasteiger partial charge in [0.25, 0.3) is 0 Å². The van der Waals surface area contributed by atoms with Crippen LogP contribution in [0.3, 0.4) is 0 Å². The van der Waals surface area contributed by atoms with Crippen LogP contribution in [0.25, 0.3) is 0 Å². The Morgan fingerprint density at radius 3 is 2.78 bits per heavy atom. The molecule has 1 heterocycles. The molecule has 1 fully saturated rings. The van der Waals surface area contributed by atoms with Gasteiger partial charge in [0, 0.05) is 13.3 Å². The molecule has 0 N–H and O–H groups in total. The summed E-state index contributed by atoms with van der Waals surface area (Å²) in [6, 6.07) is 0. The largest absolute Gasteiger partial charge is 0.455 e. The number of hydrogen-bond donors (Lipinski definition) is 0. The lowest BCUT2D eigenvalue weighted by Crippen LogP contribution is -2.44. The molecule has 9 heavy (non-hydrogen) atoms. The van der Waals surface area contributed by atoms with Crippen LogP contribution in [-0.2, 0) is 9.53 Å². The summed E-state index contributed by atoms with van der Waals surface area (Å²) in [6.45, 7) is 1.83. The van der Waals surface area contributed by atoms with E-state index in [1.54, 1.807) is 13.3 Å². The maximum Gasteiger partial charge on any atom is 0.313 e. The number of ether oxygens (including phenoxy) is 1. The summed E-state index contributed by atoms with van der Waals surface area (Å²) in [5.41, 5.74) is 0. The van der Waals surface area contributed by atoms with Crippen LogP contribution in [-0.4, -0.2) is 25.3 Å². The Hall–Kier alpha value is -0.860. The standard InChI is InChI=1S/C6H9NO2/c1-4-5(3-7-2)9-6(4)8/h3-5H,1-2H3/t4-,5?/m0/s1. The van der Waals surface area contributed by atoms with Crippen LogP contribution in [0.4, 0.5) is 0 Å². The third kappa shape index (κ3) is 0.943. The summed E-state index contributed by atoms with van der Waals surface area (Å²) < 4.78 is 4.70. The van der Waals surface area contributed by atoms with Gasteiger partial charge >= 0.3 is 5.97 Å². The van der Waals surface area contributed by atoms with Crippen molar-refractivity contribution in [1.29, 1.82) is 0 Å². The van der Waals surface area contributed by atoms with E-state index >= 15 is 0 Å². The zero-order valence-corrected chi connectivity index (χ0v) is 5.50. The average molecular weight is 127 g/mol. The van der Waals surface area contributed by atoms with Crippen molar-refractivity contribution < 1.29 is 9.53 Å². The zero-order valence-electron chi connectivity index (χ0n) is 5.50. The van der Waals surface area contributed by atoms with E-state index in [9.17, 15) is 4.79 Å². The summed E-state index contributed by atoms with van der Waals surface area (Å²) in [7, 11) is 1.67. The second-order valence-corrected chi connectivity index (χ2v) is 2.10. The molecule has 1 saturated heterocycles. The molecular formula is C6H9NO2. The Labute approximate surface area is 53.7 Å². The third-order valence-electron chi connectivity index (χ3n) is 1.41. The van der Waals surface area contributed by atoms with Crippen molar-refractivity contribution in [2.75, 3.05) is 7.05 Å². The Kier molecular flexibility index (Phi) is 1.51. The maximum atomic E-state index is 10.4. The fraction of sp³-hybridized carbons (Fsp3) is 0.667. The molecule has 3 heteroatoms. The average Bonchev–Trinajstić information content (AvgIpc) is 1.88. The summed E-state index contributed by atoms with van der Waals surface area (Å²) in [5.74, 6) is -0.117. The minimum Gasteiger partial charge on any atom is -0.455 e. The smallest absolute Gasteiger partial charge is 0.313 e. The van der Waals surface area contributed by atoms with Crippen molar-refractivity contribution in [2.24, 2.45) is 10.9 Å². The lowest BCUT2D eigenvalue weighted by Gasteiger charge is -2.29. The van der Waals surface area contributed by atoms with Gasteiger partial charge in [-0.05, 0) is 6.92 Å². The number of hydrogen-bond acceptors (Lipinski definition) is 3. The first-order valence-corrected chi connectivity index (χ1v) is 2.88. The molecule has 0 aromatic heterocycles. The van der Waals surface area contributed by atoms with E-state index < -0.39 is 0 Å². The van der Waals surface area contributed by atoms with Crippen LogP contribution in [0.2, 0.25) is 0 Å². The second-order valence-electron chi connectivity index (χ2n) is 2.10. The predicted molar refractivity (Wildman–Crippen MR) is 33.5 cm³/mol. The van der Waals surface area contributed by atoms with Gasteiger partial charge in [-0.25, -0.2) is 0 Å². The fourth-order valence-electron chi connectivity index (χ4n) is 0.712. The van der Waals surface area contributed by atoms with Crippen molar-refractivity contribution >= 4 is 12.2 Å². The highest BCUT2D eigenvalue weighted by Crippen LogP contribution is 2.19. The Balaban J connectivity index is 2.42. The van der Waals surface area contributed by atoms with Gasteiger partial charge in [0.15, 0.2) is 0 Å². The van der Waals surface area contributed by atoms with Crippen LogP contribution < -0.4 is 0 Å². The van der Waals surface area contributed by atoms with Crippen molar-refractivity contribution in [2.45, 2.75) is 13.0 Å². The van der Waals surface area contributed by atoms with Gasteiger partial charge in [0.1, 0.15) is 6.10 Å². The van der Waals surface area contributed by atoms with E-state index in [4.69, 9.17) is 4.74 Å². The number of esters is 1. The van der Waals surface area contributed by atoms with Crippen molar-refractivity contribution in [3.63, 3.8) is 0 Å². The quantitative estimate of drug-likeness (QED) is 0.374. The van der Waals surface area contributed by atoms with Crippen LogP contribution in [0.1, 0.15) is 6.92 Å². The number of rotatable bonds is 1. The Morgan fingerprint density at radius 1 is 1.78 bits per heavy atom. The lowest BCUT2D eigenvalue weighted by atomic mass is 10.0. The predicted octanol–water partition coefficient (Wildman–Crippen LogP) is 0.249. The number of nitrogens with zero attached hydrogens (tertiary/aromatic N) is 1. The minimum absolute atomic E-state index is 0.00806. The maximum absolute atomic E-state index is 10.4. The van der Waals surface area contributed by atoms with Crippen LogP contribution in [0.15, 0.2) is 4.99 Å². The number of carbonyl (C=O) groups is 1. The second kappa shape index (κ2) is 2.17. The highest BCUT2D eigenvalue weighted by Gasteiger charge is 2.36. The SMILES string of the molecule is CN=CC1OC(=O)[C@H]1C. The van der Waals surface area contributed by atoms with Gasteiger partial charge in [-0.15, -0.1) is 0 Å².